The summed E-state index contributed by atoms with van der Waals surface area (Å²) in [7, 11) is 0. The Balaban J connectivity index is 1.44. The highest BCUT2D eigenvalue weighted by Crippen LogP contribution is 2.32. The molecule has 2 aliphatic heterocycles. The van der Waals surface area contributed by atoms with Gasteiger partial charge in [0.1, 0.15) is 0 Å². The smallest absolute Gasteiger partial charge is 0.227 e. The van der Waals surface area contributed by atoms with Gasteiger partial charge in [0.2, 0.25) is 11.8 Å². The maximum Gasteiger partial charge on any atom is 0.227 e. The Bertz CT molecular complexity index is 849. The largest absolute Gasteiger partial charge is 0.379 e. The molecule has 5 nitrogen and oxygen atoms in total. The van der Waals surface area contributed by atoms with Gasteiger partial charge in [0, 0.05) is 30.6 Å². The van der Waals surface area contributed by atoms with Gasteiger partial charge in [-0.05, 0) is 43.5 Å². The normalized spacial score (nSPS) is 21.3. The summed E-state index contributed by atoms with van der Waals surface area (Å²) >= 11 is 0. The average molecular weight is 349 g/mol. The Hall–Kier alpha value is -2.82. The molecule has 0 aliphatic carbocycles. The van der Waals surface area contributed by atoms with E-state index in [0.717, 1.165) is 22.6 Å². The van der Waals surface area contributed by atoms with Crippen molar-refractivity contribution in [3.8, 4) is 0 Å². The lowest BCUT2D eigenvalue weighted by Crippen LogP contribution is -2.43. The molecule has 0 aromatic heterocycles. The molecule has 26 heavy (non-hydrogen) atoms. The van der Waals surface area contributed by atoms with E-state index in [2.05, 4.69) is 17.6 Å². The minimum Gasteiger partial charge on any atom is -0.379 e. The average Bonchev–Trinajstić information content (AvgIpc) is 2.65. The number of para-hydroxylation sites is 3. The predicted octanol–water partition coefficient (Wildman–Crippen LogP) is 3.42. The van der Waals surface area contributed by atoms with E-state index in [1.807, 2.05) is 53.4 Å². The number of hydrogen-bond donors (Lipinski definition) is 2. The third kappa shape index (κ3) is 3.17. The lowest BCUT2D eigenvalue weighted by molar-refractivity contribution is -0.121. The van der Waals surface area contributed by atoms with Crippen LogP contribution in [0.5, 0.6) is 0 Å². The molecule has 0 spiro atoms. The van der Waals surface area contributed by atoms with Crippen molar-refractivity contribution in [1.29, 1.82) is 0 Å². The number of carbonyl (C=O) groups excluding carboxylic acids is 2. The molecule has 2 N–H and O–H groups in total. The van der Waals surface area contributed by atoms with Gasteiger partial charge in [0.05, 0.1) is 11.4 Å². The molecule has 2 amide bonds. The van der Waals surface area contributed by atoms with E-state index < -0.39 is 0 Å². The Morgan fingerprint density at radius 1 is 1.12 bits per heavy atom. The second-order valence-electron chi connectivity index (χ2n) is 7.15. The summed E-state index contributed by atoms with van der Waals surface area (Å²) in [5.41, 5.74) is 3.95. The van der Waals surface area contributed by atoms with Crippen LogP contribution in [0.1, 0.15) is 25.3 Å². The van der Waals surface area contributed by atoms with Gasteiger partial charge in [0.25, 0.3) is 0 Å². The highest BCUT2D eigenvalue weighted by atomic mass is 16.2. The fourth-order valence-electron chi connectivity index (χ4n) is 3.83. The zero-order valence-corrected chi connectivity index (χ0v) is 14.9. The first-order valence-electron chi connectivity index (χ1n) is 9.16. The van der Waals surface area contributed by atoms with Crippen LogP contribution in [0.25, 0.3) is 0 Å². The van der Waals surface area contributed by atoms with Crippen molar-refractivity contribution in [3.05, 3.63) is 54.1 Å². The SMILES string of the molecule is CC1CN(C(=O)CCC2Cc3ccccc3NC2=O)c2ccccc2N1. The van der Waals surface area contributed by atoms with Crippen LogP contribution >= 0.6 is 0 Å². The van der Waals surface area contributed by atoms with Crippen LogP contribution in [0.3, 0.4) is 0 Å². The van der Waals surface area contributed by atoms with Crippen molar-refractivity contribution in [1.82, 2.24) is 0 Å². The standard InChI is InChI=1S/C21H23N3O2/c1-14-13-24(19-9-5-4-8-18(19)22-14)20(25)11-10-16-12-15-6-2-3-7-17(15)23-21(16)26/h2-9,14,16,22H,10-13H2,1H3,(H,23,26). The first-order chi connectivity index (χ1) is 12.6. The Morgan fingerprint density at radius 2 is 1.85 bits per heavy atom. The van der Waals surface area contributed by atoms with Crippen LogP contribution < -0.4 is 15.5 Å². The number of hydrogen-bond acceptors (Lipinski definition) is 3. The molecule has 2 aromatic rings. The van der Waals surface area contributed by atoms with Crippen molar-refractivity contribution < 1.29 is 9.59 Å². The molecule has 2 atom stereocenters. The first kappa shape index (κ1) is 16.6. The zero-order chi connectivity index (χ0) is 18.1. The topological polar surface area (TPSA) is 61.4 Å². The number of carbonyl (C=O) groups is 2. The van der Waals surface area contributed by atoms with Gasteiger partial charge < -0.3 is 15.5 Å². The summed E-state index contributed by atoms with van der Waals surface area (Å²) in [6, 6.07) is 16.0. The Morgan fingerprint density at radius 3 is 2.69 bits per heavy atom. The number of nitrogens with zero attached hydrogens (tertiary/aromatic N) is 1. The molecule has 2 unspecified atom stereocenters. The number of amides is 2. The van der Waals surface area contributed by atoms with E-state index in [9.17, 15) is 9.59 Å². The molecule has 134 valence electrons. The van der Waals surface area contributed by atoms with E-state index >= 15 is 0 Å². The molecule has 2 aromatic carbocycles. The number of fused-ring (bicyclic) bond motifs is 2. The van der Waals surface area contributed by atoms with Gasteiger partial charge in [-0.3, -0.25) is 9.59 Å². The maximum atomic E-state index is 12.9. The number of anilines is 3. The van der Waals surface area contributed by atoms with E-state index in [4.69, 9.17) is 0 Å². The summed E-state index contributed by atoms with van der Waals surface area (Å²) in [5, 5.41) is 6.37. The molecule has 0 saturated carbocycles. The van der Waals surface area contributed by atoms with E-state index in [1.165, 1.54) is 0 Å². The van der Waals surface area contributed by atoms with Crippen molar-refractivity contribution >= 4 is 28.9 Å². The van der Waals surface area contributed by atoms with Crippen LogP contribution in [0.15, 0.2) is 48.5 Å². The third-order valence-corrected chi connectivity index (χ3v) is 5.17. The molecule has 0 saturated heterocycles. The van der Waals surface area contributed by atoms with Crippen LogP contribution in [0, 0.1) is 5.92 Å². The van der Waals surface area contributed by atoms with Gasteiger partial charge in [-0.15, -0.1) is 0 Å². The van der Waals surface area contributed by atoms with Crippen molar-refractivity contribution in [2.24, 2.45) is 5.92 Å². The number of nitrogens with one attached hydrogen (secondary N) is 2. The van der Waals surface area contributed by atoms with Gasteiger partial charge in [-0.25, -0.2) is 0 Å². The van der Waals surface area contributed by atoms with Gasteiger partial charge in [-0.2, -0.15) is 0 Å². The van der Waals surface area contributed by atoms with E-state index in [1.54, 1.807) is 0 Å². The summed E-state index contributed by atoms with van der Waals surface area (Å²) in [6.45, 7) is 2.72. The fraction of sp³-hybridized carbons (Fsp3) is 0.333. The Kier molecular flexibility index (Phi) is 4.37. The molecule has 5 heteroatoms. The minimum absolute atomic E-state index is 0.0191. The van der Waals surface area contributed by atoms with Crippen LogP contribution in [0.2, 0.25) is 0 Å². The summed E-state index contributed by atoms with van der Waals surface area (Å²) in [5.74, 6) is -0.0486. The molecule has 0 bridgehead atoms. The minimum atomic E-state index is -0.149. The van der Waals surface area contributed by atoms with Crippen molar-refractivity contribution in [2.45, 2.75) is 32.2 Å². The van der Waals surface area contributed by atoms with Crippen molar-refractivity contribution in [3.63, 3.8) is 0 Å². The van der Waals surface area contributed by atoms with Gasteiger partial charge in [0.15, 0.2) is 0 Å². The quantitative estimate of drug-likeness (QED) is 0.892. The molecule has 0 radical (unpaired) electrons. The molecular weight excluding hydrogens is 326 g/mol. The lowest BCUT2D eigenvalue weighted by atomic mass is 9.89. The molecule has 2 aliphatic rings. The van der Waals surface area contributed by atoms with Gasteiger partial charge >= 0.3 is 0 Å². The molecule has 0 fully saturated rings. The van der Waals surface area contributed by atoms with Crippen LogP contribution in [0.4, 0.5) is 17.1 Å². The molecular formula is C21H23N3O2. The lowest BCUT2D eigenvalue weighted by Gasteiger charge is -2.34. The fourth-order valence-corrected chi connectivity index (χ4v) is 3.83. The zero-order valence-electron chi connectivity index (χ0n) is 14.9. The molecule has 2 heterocycles. The second kappa shape index (κ2) is 6.83. The van der Waals surface area contributed by atoms with Crippen molar-refractivity contribution in [2.75, 3.05) is 22.1 Å². The van der Waals surface area contributed by atoms with Gasteiger partial charge in [-0.1, -0.05) is 30.3 Å². The second-order valence-corrected chi connectivity index (χ2v) is 7.15. The predicted molar refractivity (Wildman–Crippen MR) is 103 cm³/mol. The first-order valence-corrected chi connectivity index (χ1v) is 9.16. The summed E-state index contributed by atoms with van der Waals surface area (Å²) in [6.07, 6.45) is 1.64. The highest BCUT2D eigenvalue weighted by molar-refractivity contribution is 5.99. The number of benzene rings is 2. The third-order valence-electron chi connectivity index (χ3n) is 5.17. The van der Waals surface area contributed by atoms with Crippen LogP contribution in [-0.4, -0.2) is 24.4 Å². The summed E-state index contributed by atoms with van der Waals surface area (Å²) < 4.78 is 0. The van der Waals surface area contributed by atoms with Crippen LogP contribution in [-0.2, 0) is 16.0 Å². The Labute approximate surface area is 153 Å². The monoisotopic (exact) mass is 349 g/mol. The molecule has 4 rings (SSSR count). The number of rotatable bonds is 3. The highest BCUT2D eigenvalue weighted by Gasteiger charge is 2.29. The maximum absolute atomic E-state index is 12.9. The van der Waals surface area contributed by atoms with E-state index in [0.29, 0.717) is 25.8 Å². The van der Waals surface area contributed by atoms with E-state index in [-0.39, 0.29) is 23.8 Å². The summed E-state index contributed by atoms with van der Waals surface area (Å²) in [4.78, 5) is 27.1.